The molecule has 0 bridgehead atoms. The molecule has 0 spiro atoms. The Kier molecular flexibility index (Phi) is 4.97. The number of hydrogen-bond donors (Lipinski definition) is 2. The van der Waals surface area contributed by atoms with Crippen LogP contribution in [0.3, 0.4) is 0 Å². The lowest BCUT2D eigenvalue weighted by molar-refractivity contribution is 0.242. The molecule has 0 aliphatic heterocycles. The first-order chi connectivity index (χ1) is 9.94. The molecule has 112 valence electrons. The molecule has 4 heteroatoms. The zero-order valence-electron chi connectivity index (χ0n) is 12.6. The van der Waals surface area contributed by atoms with Gasteiger partial charge in [-0.1, -0.05) is 23.7 Å². The third-order valence-corrected chi connectivity index (χ3v) is 3.27. The Balaban J connectivity index is 2.17. The van der Waals surface area contributed by atoms with Crippen molar-refractivity contribution < 1.29 is 4.74 Å². The molecule has 0 aromatic heterocycles. The van der Waals surface area contributed by atoms with E-state index in [4.69, 9.17) is 22.1 Å². The van der Waals surface area contributed by atoms with Gasteiger partial charge in [0.15, 0.2) is 0 Å². The van der Waals surface area contributed by atoms with E-state index < -0.39 is 0 Å². The molecule has 0 aliphatic carbocycles. The zero-order valence-corrected chi connectivity index (χ0v) is 13.3. The molecule has 0 heterocycles. The zero-order chi connectivity index (χ0) is 15.4. The van der Waals surface area contributed by atoms with Crippen LogP contribution in [0.4, 0.5) is 11.4 Å². The van der Waals surface area contributed by atoms with Gasteiger partial charge in [-0.3, -0.25) is 0 Å². The highest BCUT2D eigenvalue weighted by molar-refractivity contribution is 6.30. The molecule has 0 saturated carbocycles. The number of rotatable bonds is 5. The second kappa shape index (κ2) is 6.72. The van der Waals surface area contributed by atoms with Gasteiger partial charge < -0.3 is 15.8 Å². The number of ether oxygens (including phenoxy) is 1. The molecule has 1 atom stereocenters. The number of halogens is 1. The second-order valence-corrected chi connectivity index (χ2v) is 5.81. The highest BCUT2D eigenvalue weighted by atomic mass is 35.5. The van der Waals surface area contributed by atoms with Crippen molar-refractivity contribution in [2.45, 2.75) is 32.9 Å². The average Bonchev–Trinajstić information content (AvgIpc) is 2.37. The molecule has 21 heavy (non-hydrogen) atoms. The Hall–Kier alpha value is -1.87. The Morgan fingerprint density at radius 2 is 1.86 bits per heavy atom. The third-order valence-electron chi connectivity index (χ3n) is 3.03. The first kappa shape index (κ1) is 15.5. The van der Waals surface area contributed by atoms with Gasteiger partial charge in [0.25, 0.3) is 0 Å². The van der Waals surface area contributed by atoms with Crippen LogP contribution >= 0.6 is 11.6 Å². The van der Waals surface area contributed by atoms with Crippen molar-refractivity contribution in [3.8, 4) is 5.75 Å². The number of hydrogen-bond acceptors (Lipinski definition) is 3. The van der Waals surface area contributed by atoms with Gasteiger partial charge in [-0.25, -0.2) is 0 Å². The van der Waals surface area contributed by atoms with Crippen LogP contribution in [0.25, 0.3) is 0 Å². The lowest BCUT2D eigenvalue weighted by Crippen LogP contribution is -2.09. The smallest absolute Gasteiger partial charge is 0.123 e. The van der Waals surface area contributed by atoms with Crippen LogP contribution in [0.1, 0.15) is 32.4 Å². The maximum Gasteiger partial charge on any atom is 0.123 e. The standard InChI is InChI=1S/C17H21ClN2O/c1-11(2)21-17-9-15(19)8-16(10-17)20-12(3)13-5-4-6-14(18)7-13/h4-12,20H,19H2,1-3H3. The van der Waals surface area contributed by atoms with Crippen molar-refractivity contribution in [3.63, 3.8) is 0 Å². The summed E-state index contributed by atoms with van der Waals surface area (Å²) in [6, 6.07) is 13.6. The summed E-state index contributed by atoms with van der Waals surface area (Å²) in [6.45, 7) is 6.06. The molecule has 3 nitrogen and oxygen atoms in total. The quantitative estimate of drug-likeness (QED) is 0.774. The van der Waals surface area contributed by atoms with Crippen LogP contribution in [0.5, 0.6) is 5.75 Å². The van der Waals surface area contributed by atoms with E-state index in [0.29, 0.717) is 5.69 Å². The first-order valence-corrected chi connectivity index (χ1v) is 7.41. The Morgan fingerprint density at radius 3 is 2.52 bits per heavy atom. The molecule has 0 saturated heterocycles. The monoisotopic (exact) mass is 304 g/mol. The van der Waals surface area contributed by atoms with E-state index in [2.05, 4.69) is 12.2 Å². The number of nitrogens with one attached hydrogen (secondary N) is 1. The summed E-state index contributed by atoms with van der Waals surface area (Å²) in [6.07, 6.45) is 0.116. The summed E-state index contributed by atoms with van der Waals surface area (Å²) in [5.41, 5.74) is 8.66. The van der Waals surface area contributed by atoms with E-state index in [1.165, 1.54) is 0 Å². The molecule has 0 amide bonds. The van der Waals surface area contributed by atoms with Gasteiger partial charge in [-0.05, 0) is 44.5 Å². The molecule has 0 fully saturated rings. The molecule has 1 unspecified atom stereocenters. The van der Waals surface area contributed by atoms with E-state index in [1.807, 2.05) is 56.3 Å². The average molecular weight is 305 g/mol. The highest BCUT2D eigenvalue weighted by Gasteiger charge is 2.08. The summed E-state index contributed by atoms with van der Waals surface area (Å²) >= 11 is 6.03. The number of benzene rings is 2. The van der Waals surface area contributed by atoms with E-state index in [1.54, 1.807) is 0 Å². The SMILES string of the molecule is CC(C)Oc1cc(N)cc(NC(C)c2cccc(Cl)c2)c1. The lowest BCUT2D eigenvalue weighted by Gasteiger charge is -2.18. The van der Waals surface area contributed by atoms with E-state index in [0.717, 1.165) is 22.0 Å². The Labute approximate surface area is 131 Å². The normalized spacial score (nSPS) is 12.2. The van der Waals surface area contributed by atoms with Gasteiger partial charge in [-0.15, -0.1) is 0 Å². The largest absolute Gasteiger partial charge is 0.491 e. The minimum Gasteiger partial charge on any atom is -0.491 e. The van der Waals surface area contributed by atoms with Gasteiger partial charge in [0.1, 0.15) is 5.75 Å². The van der Waals surface area contributed by atoms with Crippen LogP contribution in [0.15, 0.2) is 42.5 Å². The van der Waals surface area contributed by atoms with E-state index >= 15 is 0 Å². The molecule has 2 aromatic rings. The third kappa shape index (κ3) is 4.57. The Bertz CT molecular complexity index is 613. The molecule has 0 radical (unpaired) electrons. The predicted octanol–water partition coefficient (Wildman–Crippen LogP) is 4.88. The fourth-order valence-electron chi connectivity index (χ4n) is 2.15. The summed E-state index contributed by atoms with van der Waals surface area (Å²) in [7, 11) is 0. The van der Waals surface area contributed by atoms with Gasteiger partial charge in [0, 0.05) is 34.6 Å². The molecule has 2 aromatic carbocycles. The minimum atomic E-state index is 0.116. The first-order valence-electron chi connectivity index (χ1n) is 7.03. The van der Waals surface area contributed by atoms with Gasteiger partial charge in [-0.2, -0.15) is 0 Å². The van der Waals surface area contributed by atoms with Crippen molar-refractivity contribution in [2.75, 3.05) is 11.1 Å². The second-order valence-electron chi connectivity index (χ2n) is 5.38. The van der Waals surface area contributed by atoms with Crippen molar-refractivity contribution >= 4 is 23.0 Å². The van der Waals surface area contributed by atoms with Crippen LogP contribution in [0, 0.1) is 0 Å². The fraction of sp³-hybridized carbons (Fsp3) is 0.294. The van der Waals surface area contributed by atoms with E-state index in [-0.39, 0.29) is 12.1 Å². The topological polar surface area (TPSA) is 47.3 Å². The number of anilines is 2. The van der Waals surface area contributed by atoms with Crippen LogP contribution in [-0.2, 0) is 0 Å². The molecule has 0 aliphatic rings. The maximum atomic E-state index is 6.03. The fourth-order valence-corrected chi connectivity index (χ4v) is 2.35. The molecule has 3 N–H and O–H groups in total. The van der Waals surface area contributed by atoms with Gasteiger partial charge in [0.05, 0.1) is 6.10 Å². The van der Waals surface area contributed by atoms with Crippen molar-refractivity contribution in [1.82, 2.24) is 0 Å². The summed E-state index contributed by atoms with van der Waals surface area (Å²) in [4.78, 5) is 0. The van der Waals surface area contributed by atoms with Gasteiger partial charge >= 0.3 is 0 Å². The van der Waals surface area contributed by atoms with Crippen LogP contribution in [-0.4, -0.2) is 6.10 Å². The van der Waals surface area contributed by atoms with Gasteiger partial charge in [0.2, 0.25) is 0 Å². The van der Waals surface area contributed by atoms with Crippen LogP contribution in [0.2, 0.25) is 5.02 Å². The number of nitrogen functional groups attached to an aromatic ring is 1. The van der Waals surface area contributed by atoms with Crippen molar-refractivity contribution in [2.24, 2.45) is 0 Å². The number of nitrogens with two attached hydrogens (primary N) is 1. The maximum absolute atomic E-state index is 6.03. The molecule has 2 rings (SSSR count). The summed E-state index contributed by atoms with van der Waals surface area (Å²) < 4.78 is 5.70. The predicted molar refractivity (Wildman–Crippen MR) is 90.1 cm³/mol. The minimum absolute atomic E-state index is 0.116. The van der Waals surface area contributed by atoms with E-state index in [9.17, 15) is 0 Å². The lowest BCUT2D eigenvalue weighted by atomic mass is 10.1. The van der Waals surface area contributed by atoms with Crippen LogP contribution < -0.4 is 15.8 Å². The Morgan fingerprint density at radius 1 is 1.10 bits per heavy atom. The molecular formula is C17H21ClN2O. The van der Waals surface area contributed by atoms with Crippen molar-refractivity contribution in [1.29, 1.82) is 0 Å². The highest BCUT2D eigenvalue weighted by Crippen LogP contribution is 2.27. The summed E-state index contributed by atoms with van der Waals surface area (Å²) in [5.74, 6) is 0.769. The molecular weight excluding hydrogens is 284 g/mol. The summed E-state index contributed by atoms with van der Waals surface area (Å²) in [5, 5.41) is 4.16. The van der Waals surface area contributed by atoms with Crippen molar-refractivity contribution in [3.05, 3.63) is 53.1 Å².